The van der Waals surface area contributed by atoms with Crippen LogP contribution in [0.5, 0.6) is 0 Å². The van der Waals surface area contributed by atoms with E-state index in [0.717, 1.165) is 0 Å². The second-order valence-corrected chi connectivity index (χ2v) is 6.52. The summed E-state index contributed by atoms with van der Waals surface area (Å²) in [6.45, 7) is 3.29. The summed E-state index contributed by atoms with van der Waals surface area (Å²) in [5, 5.41) is 5.77. The Balaban J connectivity index is 1.88. The van der Waals surface area contributed by atoms with Gasteiger partial charge in [0.05, 0.1) is 23.5 Å². The molecule has 4 N–H and O–H groups in total. The Morgan fingerprint density at radius 2 is 1.77 bits per heavy atom. The molecule has 1 aliphatic heterocycles. The van der Waals surface area contributed by atoms with Crippen molar-refractivity contribution in [3.05, 3.63) is 54.1 Å². The molecular formula is C19H20N4O3. The van der Waals surface area contributed by atoms with Crippen molar-refractivity contribution in [2.24, 2.45) is 5.73 Å². The molecular weight excluding hydrogens is 332 g/mol. The number of nitrogens with one attached hydrogen (secondary N) is 2. The standard InChI is InChI=1S/C19H20N4O3/c1-19(2)18(26)22-14-9-5-6-10-15(14)23(19)16(24)11-21-13-8-4-3-7-12(13)17(20)25/h3-10,21H,11H2,1-2H3,(H2,20,25)(H,22,26). The summed E-state index contributed by atoms with van der Waals surface area (Å²) < 4.78 is 0. The van der Waals surface area contributed by atoms with Gasteiger partial charge in [-0.05, 0) is 38.1 Å². The average Bonchev–Trinajstić information content (AvgIpc) is 2.60. The van der Waals surface area contributed by atoms with E-state index in [4.69, 9.17) is 5.73 Å². The van der Waals surface area contributed by atoms with Gasteiger partial charge >= 0.3 is 0 Å². The molecule has 134 valence electrons. The molecule has 0 aromatic heterocycles. The summed E-state index contributed by atoms with van der Waals surface area (Å²) in [4.78, 5) is 38.4. The van der Waals surface area contributed by atoms with Crippen molar-refractivity contribution in [1.82, 2.24) is 0 Å². The lowest BCUT2D eigenvalue weighted by molar-refractivity contribution is -0.125. The molecule has 7 nitrogen and oxygen atoms in total. The molecule has 0 saturated heterocycles. The van der Waals surface area contributed by atoms with Crippen molar-refractivity contribution < 1.29 is 14.4 Å². The van der Waals surface area contributed by atoms with Gasteiger partial charge in [0, 0.05) is 5.69 Å². The third kappa shape index (κ3) is 2.99. The second-order valence-electron chi connectivity index (χ2n) is 6.52. The van der Waals surface area contributed by atoms with Gasteiger partial charge in [-0.25, -0.2) is 0 Å². The Kier molecular flexibility index (Phi) is 4.38. The Hall–Kier alpha value is -3.35. The van der Waals surface area contributed by atoms with Gasteiger partial charge < -0.3 is 16.4 Å². The Morgan fingerprint density at radius 1 is 1.12 bits per heavy atom. The highest BCUT2D eigenvalue weighted by atomic mass is 16.2. The van der Waals surface area contributed by atoms with E-state index in [1.807, 2.05) is 6.07 Å². The van der Waals surface area contributed by atoms with Gasteiger partial charge in [-0.2, -0.15) is 0 Å². The zero-order valence-electron chi connectivity index (χ0n) is 14.6. The molecule has 0 radical (unpaired) electrons. The lowest BCUT2D eigenvalue weighted by Crippen LogP contribution is -2.59. The number of nitrogens with zero attached hydrogens (tertiary/aromatic N) is 1. The first-order chi connectivity index (χ1) is 12.3. The first-order valence-corrected chi connectivity index (χ1v) is 8.18. The molecule has 2 aromatic rings. The minimum Gasteiger partial charge on any atom is -0.375 e. The van der Waals surface area contributed by atoms with Crippen LogP contribution in [0, 0.1) is 0 Å². The Bertz CT molecular complexity index is 892. The van der Waals surface area contributed by atoms with Crippen LogP contribution in [0.4, 0.5) is 17.1 Å². The highest BCUT2D eigenvalue weighted by Gasteiger charge is 2.43. The number of anilines is 3. The smallest absolute Gasteiger partial charge is 0.250 e. The summed E-state index contributed by atoms with van der Waals surface area (Å²) in [7, 11) is 0. The number of hydrogen-bond donors (Lipinski definition) is 3. The van der Waals surface area contributed by atoms with Crippen LogP contribution in [0.2, 0.25) is 0 Å². The highest BCUT2D eigenvalue weighted by Crippen LogP contribution is 2.36. The van der Waals surface area contributed by atoms with Crippen LogP contribution in [0.3, 0.4) is 0 Å². The molecule has 0 spiro atoms. The lowest BCUT2D eigenvalue weighted by atomic mass is 9.96. The van der Waals surface area contributed by atoms with Crippen LogP contribution in [-0.2, 0) is 9.59 Å². The van der Waals surface area contributed by atoms with Gasteiger partial charge in [0.2, 0.25) is 11.8 Å². The molecule has 1 heterocycles. The van der Waals surface area contributed by atoms with Crippen LogP contribution in [-0.4, -0.2) is 29.8 Å². The molecule has 0 saturated carbocycles. The summed E-state index contributed by atoms with van der Waals surface area (Å²) in [6.07, 6.45) is 0. The fourth-order valence-corrected chi connectivity index (χ4v) is 3.00. The maximum atomic E-state index is 12.9. The summed E-state index contributed by atoms with van der Waals surface area (Å²) in [6, 6.07) is 13.8. The van der Waals surface area contributed by atoms with Gasteiger partial charge in [-0.15, -0.1) is 0 Å². The monoisotopic (exact) mass is 352 g/mol. The van der Waals surface area contributed by atoms with Gasteiger partial charge in [0.1, 0.15) is 5.54 Å². The maximum Gasteiger partial charge on any atom is 0.250 e. The van der Waals surface area contributed by atoms with Crippen LogP contribution in [0.25, 0.3) is 0 Å². The zero-order valence-corrected chi connectivity index (χ0v) is 14.6. The van der Waals surface area contributed by atoms with Gasteiger partial charge in [0.15, 0.2) is 0 Å². The Labute approximate surface area is 151 Å². The van der Waals surface area contributed by atoms with E-state index in [2.05, 4.69) is 10.6 Å². The van der Waals surface area contributed by atoms with Crippen LogP contribution >= 0.6 is 0 Å². The third-order valence-corrected chi connectivity index (χ3v) is 4.38. The quantitative estimate of drug-likeness (QED) is 0.782. The van der Waals surface area contributed by atoms with Crippen LogP contribution in [0.1, 0.15) is 24.2 Å². The largest absolute Gasteiger partial charge is 0.375 e. The Morgan fingerprint density at radius 3 is 2.50 bits per heavy atom. The molecule has 0 atom stereocenters. The molecule has 2 aromatic carbocycles. The molecule has 0 bridgehead atoms. The van der Waals surface area contributed by atoms with E-state index in [-0.39, 0.29) is 18.4 Å². The minimum atomic E-state index is -1.05. The fourth-order valence-electron chi connectivity index (χ4n) is 3.00. The van der Waals surface area contributed by atoms with E-state index in [9.17, 15) is 14.4 Å². The number of primary amides is 1. The van der Waals surface area contributed by atoms with Gasteiger partial charge in [-0.3, -0.25) is 19.3 Å². The van der Waals surface area contributed by atoms with E-state index in [1.165, 1.54) is 4.90 Å². The summed E-state index contributed by atoms with van der Waals surface area (Å²) in [5.41, 5.74) is 6.31. The molecule has 0 unspecified atom stereocenters. The number of carbonyl (C=O) groups is 3. The van der Waals surface area contributed by atoms with E-state index < -0.39 is 11.4 Å². The van der Waals surface area contributed by atoms with E-state index in [1.54, 1.807) is 56.3 Å². The number of fused-ring (bicyclic) bond motifs is 1. The lowest BCUT2D eigenvalue weighted by Gasteiger charge is -2.42. The average molecular weight is 352 g/mol. The predicted molar refractivity (Wildman–Crippen MR) is 100 cm³/mol. The maximum absolute atomic E-state index is 12.9. The SMILES string of the molecule is CC1(C)C(=O)Nc2ccccc2N1C(=O)CNc1ccccc1C(N)=O. The summed E-state index contributed by atoms with van der Waals surface area (Å²) >= 11 is 0. The number of benzene rings is 2. The predicted octanol–water partition coefficient (Wildman–Crippen LogP) is 1.96. The van der Waals surface area contributed by atoms with Crippen molar-refractivity contribution in [2.45, 2.75) is 19.4 Å². The number of nitrogens with two attached hydrogens (primary N) is 1. The number of amides is 3. The first kappa shape index (κ1) is 17.5. The minimum absolute atomic E-state index is 0.0880. The van der Waals surface area contributed by atoms with Crippen LogP contribution in [0.15, 0.2) is 48.5 Å². The van der Waals surface area contributed by atoms with Gasteiger partial charge in [0.25, 0.3) is 5.91 Å². The number of hydrogen-bond acceptors (Lipinski definition) is 4. The molecule has 3 amide bonds. The van der Waals surface area contributed by atoms with Crippen molar-refractivity contribution in [3.8, 4) is 0 Å². The van der Waals surface area contributed by atoms with Crippen molar-refractivity contribution in [3.63, 3.8) is 0 Å². The van der Waals surface area contributed by atoms with Crippen LogP contribution < -0.4 is 21.3 Å². The second kappa shape index (κ2) is 6.51. The molecule has 1 aliphatic rings. The molecule has 7 heteroatoms. The topological polar surface area (TPSA) is 105 Å². The third-order valence-electron chi connectivity index (χ3n) is 4.38. The van der Waals surface area contributed by atoms with E-state index >= 15 is 0 Å². The number of para-hydroxylation sites is 3. The molecule has 0 aliphatic carbocycles. The molecule has 3 rings (SSSR count). The summed E-state index contributed by atoms with van der Waals surface area (Å²) in [5.74, 6) is -1.14. The molecule has 0 fully saturated rings. The fraction of sp³-hybridized carbons (Fsp3) is 0.211. The number of carbonyl (C=O) groups excluding carboxylic acids is 3. The highest BCUT2D eigenvalue weighted by molar-refractivity contribution is 6.14. The van der Waals surface area contributed by atoms with Crippen molar-refractivity contribution >= 4 is 34.8 Å². The van der Waals surface area contributed by atoms with Crippen molar-refractivity contribution in [2.75, 3.05) is 22.1 Å². The van der Waals surface area contributed by atoms with E-state index in [0.29, 0.717) is 22.6 Å². The normalized spacial score (nSPS) is 15.0. The number of rotatable bonds is 4. The van der Waals surface area contributed by atoms with Gasteiger partial charge in [-0.1, -0.05) is 24.3 Å². The molecule has 26 heavy (non-hydrogen) atoms. The zero-order chi connectivity index (χ0) is 18.9. The first-order valence-electron chi connectivity index (χ1n) is 8.18. The van der Waals surface area contributed by atoms with Crippen molar-refractivity contribution in [1.29, 1.82) is 0 Å².